The number of carbonyl (C=O) groups is 2. The first-order valence-corrected chi connectivity index (χ1v) is 10.1. The lowest BCUT2D eigenvalue weighted by molar-refractivity contribution is -0.122. The fraction of sp³-hybridized carbons (Fsp3) is 0.391. The van der Waals surface area contributed by atoms with Crippen molar-refractivity contribution in [1.82, 2.24) is 10.2 Å². The summed E-state index contributed by atoms with van der Waals surface area (Å²) >= 11 is 0. The van der Waals surface area contributed by atoms with E-state index in [0.717, 1.165) is 11.1 Å². The molecule has 0 aliphatic carbocycles. The van der Waals surface area contributed by atoms with Gasteiger partial charge >= 0.3 is 6.09 Å². The van der Waals surface area contributed by atoms with Crippen LogP contribution in [0.1, 0.15) is 24.0 Å². The maximum atomic E-state index is 12.5. The molecule has 0 saturated carbocycles. The minimum Gasteiger partial charge on any atom is -0.445 e. The van der Waals surface area contributed by atoms with Crippen molar-refractivity contribution in [3.05, 3.63) is 71.8 Å². The van der Waals surface area contributed by atoms with Crippen LogP contribution in [0.3, 0.4) is 0 Å². The van der Waals surface area contributed by atoms with E-state index in [0.29, 0.717) is 45.7 Å². The molecule has 30 heavy (non-hydrogen) atoms. The van der Waals surface area contributed by atoms with Crippen LogP contribution >= 0.6 is 12.4 Å². The zero-order valence-electron chi connectivity index (χ0n) is 17.0. The monoisotopic (exact) mass is 432 g/mol. The lowest BCUT2D eigenvalue weighted by Gasteiger charge is -2.32. The minimum absolute atomic E-state index is 0. The molecule has 3 rings (SSSR count). The van der Waals surface area contributed by atoms with Gasteiger partial charge in [-0.1, -0.05) is 60.7 Å². The van der Waals surface area contributed by atoms with E-state index in [-0.39, 0.29) is 36.9 Å². The Balaban J connectivity index is 0.00000320. The van der Waals surface area contributed by atoms with Gasteiger partial charge in [-0.25, -0.2) is 4.79 Å². The van der Waals surface area contributed by atoms with Crippen molar-refractivity contribution < 1.29 is 19.1 Å². The second-order valence-electron chi connectivity index (χ2n) is 7.10. The first-order chi connectivity index (χ1) is 14.2. The Morgan fingerprint density at radius 3 is 2.27 bits per heavy atom. The smallest absolute Gasteiger partial charge is 0.410 e. The number of carbonyl (C=O) groups excluding carboxylic acids is 2. The first kappa shape index (κ1) is 23.9. The van der Waals surface area contributed by atoms with Gasteiger partial charge in [-0.3, -0.25) is 4.79 Å². The summed E-state index contributed by atoms with van der Waals surface area (Å²) < 4.78 is 11.0. The Kier molecular flexibility index (Phi) is 10.3. The van der Waals surface area contributed by atoms with Gasteiger partial charge in [0.25, 0.3) is 0 Å². The molecule has 1 unspecified atom stereocenters. The van der Waals surface area contributed by atoms with E-state index in [1.807, 2.05) is 60.7 Å². The third-order valence-electron chi connectivity index (χ3n) is 4.85. The lowest BCUT2D eigenvalue weighted by atomic mass is 10.1. The molecule has 2 aromatic rings. The van der Waals surface area contributed by atoms with Crippen molar-refractivity contribution >= 4 is 24.3 Å². The zero-order valence-corrected chi connectivity index (χ0v) is 17.8. The second-order valence-corrected chi connectivity index (χ2v) is 7.10. The molecule has 0 spiro atoms. The number of hydrogen-bond acceptors (Lipinski definition) is 5. The molecule has 0 radical (unpaired) electrons. The van der Waals surface area contributed by atoms with E-state index < -0.39 is 0 Å². The fourth-order valence-corrected chi connectivity index (χ4v) is 3.23. The number of hydrogen-bond donors (Lipinski definition) is 1. The van der Waals surface area contributed by atoms with Gasteiger partial charge in [0.1, 0.15) is 6.61 Å². The molecule has 1 heterocycles. The third-order valence-corrected chi connectivity index (χ3v) is 4.85. The first-order valence-electron chi connectivity index (χ1n) is 10.1. The molecule has 2 aromatic carbocycles. The second kappa shape index (κ2) is 13.0. The maximum absolute atomic E-state index is 12.5. The largest absolute Gasteiger partial charge is 0.445 e. The van der Waals surface area contributed by atoms with E-state index in [4.69, 9.17) is 9.47 Å². The standard InChI is InChI=1S/C23H28N2O4.ClH/c26-22(12-7-15-28-17-19-8-3-1-4-9-19)21-16-25(14-13-24-21)23(27)29-18-20-10-5-2-6-11-20;/h1-6,8-11,21,24H,7,12-18H2;1H. The van der Waals surface area contributed by atoms with Crippen LogP contribution in [0.15, 0.2) is 60.7 Å². The quantitative estimate of drug-likeness (QED) is 0.613. The summed E-state index contributed by atoms with van der Waals surface area (Å²) in [6.07, 6.45) is 0.723. The van der Waals surface area contributed by atoms with Crippen LogP contribution in [0, 0.1) is 0 Å². The number of amides is 1. The Morgan fingerprint density at radius 1 is 0.967 bits per heavy atom. The van der Waals surface area contributed by atoms with E-state index in [1.54, 1.807) is 4.90 Å². The van der Waals surface area contributed by atoms with Crippen LogP contribution in [-0.2, 0) is 27.5 Å². The average Bonchev–Trinajstić information content (AvgIpc) is 2.78. The van der Waals surface area contributed by atoms with Crippen LogP contribution in [0.5, 0.6) is 0 Å². The molecule has 1 aliphatic heterocycles. The molecule has 0 aromatic heterocycles. The van der Waals surface area contributed by atoms with Gasteiger partial charge in [-0.05, 0) is 17.5 Å². The highest BCUT2D eigenvalue weighted by Gasteiger charge is 2.28. The van der Waals surface area contributed by atoms with Crippen LogP contribution < -0.4 is 5.32 Å². The summed E-state index contributed by atoms with van der Waals surface area (Å²) in [4.78, 5) is 26.4. The SMILES string of the molecule is Cl.O=C(CCCOCc1ccccc1)C1CN(C(=O)OCc2ccccc2)CCN1. The predicted molar refractivity (Wildman–Crippen MR) is 118 cm³/mol. The lowest BCUT2D eigenvalue weighted by Crippen LogP contribution is -2.55. The summed E-state index contributed by atoms with van der Waals surface area (Å²) in [5.41, 5.74) is 2.07. The maximum Gasteiger partial charge on any atom is 0.410 e. The van der Waals surface area contributed by atoms with E-state index >= 15 is 0 Å². The van der Waals surface area contributed by atoms with Crippen LogP contribution in [0.4, 0.5) is 4.79 Å². The Labute approximate surface area is 184 Å². The van der Waals surface area contributed by atoms with E-state index in [1.165, 1.54) is 0 Å². The molecule has 1 N–H and O–H groups in total. The number of halogens is 1. The highest BCUT2D eigenvalue weighted by Crippen LogP contribution is 2.09. The molecule has 1 fully saturated rings. The van der Waals surface area contributed by atoms with Crippen molar-refractivity contribution in [2.24, 2.45) is 0 Å². The van der Waals surface area contributed by atoms with E-state index in [9.17, 15) is 9.59 Å². The van der Waals surface area contributed by atoms with Gasteiger partial charge in [0.05, 0.1) is 12.6 Å². The van der Waals surface area contributed by atoms with Crippen molar-refractivity contribution in [2.75, 3.05) is 26.2 Å². The van der Waals surface area contributed by atoms with Gasteiger partial charge in [0.15, 0.2) is 5.78 Å². The Bertz CT molecular complexity index is 773. The van der Waals surface area contributed by atoms with Crippen molar-refractivity contribution in [2.45, 2.75) is 32.1 Å². The number of rotatable bonds is 9. The van der Waals surface area contributed by atoms with Crippen LogP contribution in [0.25, 0.3) is 0 Å². The Hall–Kier alpha value is -2.41. The van der Waals surface area contributed by atoms with Crippen LogP contribution in [-0.4, -0.2) is 49.1 Å². The zero-order chi connectivity index (χ0) is 20.3. The van der Waals surface area contributed by atoms with Gasteiger partial charge in [-0.2, -0.15) is 0 Å². The normalized spacial score (nSPS) is 15.9. The molecular formula is C23H29ClN2O4. The van der Waals surface area contributed by atoms with Crippen molar-refractivity contribution in [3.8, 4) is 0 Å². The molecule has 0 bridgehead atoms. The number of ether oxygens (including phenoxy) is 2. The summed E-state index contributed by atoms with van der Waals surface area (Å²) in [7, 11) is 0. The molecule has 6 nitrogen and oxygen atoms in total. The Morgan fingerprint density at radius 2 is 1.60 bits per heavy atom. The molecule has 162 valence electrons. The van der Waals surface area contributed by atoms with Crippen molar-refractivity contribution in [3.63, 3.8) is 0 Å². The molecule has 1 atom stereocenters. The number of Topliss-reactive ketones (excluding diaryl/α,β-unsaturated/α-hetero) is 1. The van der Waals surface area contributed by atoms with Gasteiger partial charge in [0, 0.05) is 32.7 Å². The van der Waals surface area contributed by atoms with Gasteiger partial charge in [-0.15, -0.1) is 12.4 Å². The van der Waals surface area contributed by atoms with Crippen molar-refractivity contribution in [1.29, 1.82) is 0 Å². The van der Waals surface area contributed by atoms with Crippen LogP contribution in [0.2, 0.25) is 0 Å². The molecule has 7 heteroatoms. The summed E-state index contributed by atoms with van der Waals surface area (Å²) in [5, 5.41) is 3.20. The summed E-state index contributed by atoms with van der Waals surface area (Å²) in [5.74, 6) is 0.105. The highest BCUT2D eigenvalue weighted by molar-refractivity contribution is 5.85. The topological polar surface area (TPSA) is 67.9 Å². The molecular weight excluding hydrogens is 404 g/mol. The predicted octanol–water partition coefficient (Wildman–Crippen LogP) is 3.58. The third kappa shape index (κ3) is 7.78. The molecule has 1 saturated heterocycles. The molecule has 1 amide bonds. The number of piperazine rings is 1. The van der Waals surface area contributed by atoms with Gasteiger partial charge in [0.2, 0.25) is 0 Å². The van der Waals surface area contributed by atoms with Gasteiger partial charge < -0.3 is 19.7 Å². The average molecular weight is 433 g/mol. The summed E-state index contributed by atoms with van der Waals surface area (Å²) in [6.45, 7) is 2.80. The summed E-state index contributed by atoms with van der Waals surface area (Å²) in [6, 6.07) is 19.2. The molecule has 1 aliphatic rings. The highest BCUT2D eigenvalue weighted by atomic mass is 35.5. The fourth-order valence-electron chi connectivity index (χ4n) is 3.23. The number of ketones is 1. The van der Waals surface area contributed by atoms with E-state index in [2.05, 4.69) is 5.32 Å². The minimum atomic E-state index is -0.376. The number of benzene rings is 2. The number of nitrogens with one attached hydrogen (secondary N) is 1. The number of nitrogens with zero attached hydrogens (tertiary/aromatic N) is 1.